The van der Waals surface area contributed by atoms with Gasteiger partial charge in [-0.3, -0.25) is 9.59 Å². The second-order valence-corrected chi connectivity index (χ2v) is 7.87. The van der Waals surface area contributed by atoms with Crippen LogP contribution >= 0.6 is 15.9 Å². The van der Waals surface area contributed by atoms with Crippen molar-refractivity contribution in [2.24, 2.45) is 0 Å². The molecule has 1 aromatic rings. The number of benzene rings is 1. The van der Waals surface area contributed by atoms with Crippen molar-refractivity contribution in [3.8, 4) is 0 Å². The fourth-order valence-corrected chi connectivity index (χ4v) is 4.51. The summed E-state index contributed by atoms with van der Waals surface area (Å²) in [5.74, 6) is -0.861. The summed E-state index contributed by atoms with van der Waals surface area (Å²) in [6, 6.07) is 4.71. The highest BCUT2D eigenvalue weighted by molar-refractivity contribution is 9.10. The molecule has 2 aliphatic heterocycles. The Hall–Kier alpha value is -1.99. The molecule has 3 aliphatic rings. The number of Topliss-reactive ketones (excluding diaryl/α,β-unsaturated/α-hetero) is 1. The molecule has 0 fully saturated rings. The van der Waals surface area contributed by atoms with Gasteiger partial charge in [0.15, 0.2) is 5.78 Å². The zero-order valence-electron chi connectivity index (χ0n) is 15.0. The Balaban J connectivity index is 1.80. The number of carbonyl (C=O) groups excluding carboxylic acids is 2. The number of ketones is 1. The van der Waals surface area contributed by atoms with Crippen LogP contribution in [0.3, 0.4) is 0 Å². The van der Waals surface area contributed by atoms with E-state index in [1.807, 2.05) is 0 Å². The number of dihydropyridines is 1. The van der Waals surface area contributed by atoms with Gasteiger partial charge in [-0.05, 0) is 46.5 Å². The third kappa shape index (κ3) is 3.12. The van der Waals surface area contributed by atoms with Crippen LogP contribution in [-0.4, -0.2) is 43.4 Å². The number of halogens is 2. The molecule has 0 saturated carbocycles. The number of nitrogens with one attached hydrogen (secondary N) is 1. The van der Waals surface area contributed by atoms with Crippen molar-refractivity contribution in [3.63, 3.8) is 0 Å². The highest BCUT2D eigenvalue weighted by atomic mass is 79.9. The minimum absolute atomic E-state index is 0.0592. The van der Waals surface area contributed by atoms with Gasteiger partial charge in [0, 0.05) is 43.0 Å². The van der Waals surface area contributed by atoms with E-state index in [0.717, 1.165) is 29.8 Å². The number of methoxy groups -OCH3 is 1. The normalized spacial score (nSPS) is 22.2. The van der Waals surface area contributed by atoms with Gasteiger partial charge in [0.05, 0.1) is 23.2 Å². The van der Waals surface area contributed by atoms with Crippen LogP contribution in [0.25, 0.3) is 0 Å². The van der Waals surface area contributed by atoms with E-state index in [0.29, 0.717) is 41.7 Å². The highest BCUT2D eigenvalue weighted by Crippen LogP contribution is 2.45. The van der Waals surface area contributed by atoms with Crippen LogP contribution in [0.4, 0.5) is 4.39 Å². The molecule has 1 aromatic carbocycles. The Morgan fingerprint density at radius 3 is 2.81 bits per heavy atom. The SMILES string of the molecule is COCCN1CC2=C(C1=O)C(c1ccc(F)c(Br)c1)C1=C(CCCC1=O)N2. The first kappa shape index (κ1) is 18.4. The lowest BCUT2D eigenvalue weighted by Gasteiger charge is -2.32. The summed E-state index contributed by atoms with van der Waals surface area (Å²) in [5.41, 5.74) is 3.74. The van der Waals surface area contributed by atoms with Gasteiger partial charge < -0.3 is 15.0 Å². The van der Waals surface area contributed by atoms with Crippen LogP contribution in [0, 0.1) is 5.82 Å². The van der Waals surface area contributed by atoms with E-state index in [-0.39, 0.29) is 17.5 Å². The van der Waals surface area contributed by atoms with Gasteiger partial charge in [-0.15, -0.1) is 0 Å². The molecule has 0 radical (unpaired) electrons. The van der Waals surface area contributed by atoms with Crippen molar-refractivity contribution in [1.82, 2.24) is 10.2 Å². The van der Waals surface area contributed by atoms with E-state index in [4.69, 9.17) is 4.74 Å². The van der Waals surface area contributed by atoms with Crippen molar-refractivity contribution in [2.75, 3.05) is 26.8 Å². The standard InChI is InChI=1S/C20H20BrFN2O3/c1-27-8-7-24-10-15-19(20(24)26)17(11-5-6-13(22)12(21)9-11)18-14(23-15)3-2-4-16(18)25/h5-6,9,17,23H,2-4,7-8,10H2,1H3. The average Bonchev–Trinajstić information content (AvgIpc) is 2.96. The number of carbonyl (C=O) groups is 2. The van der Waals surface area contributed by atoms with Gasteiger partial charge in [0.2, 0.25) is 0 Å². The molecule has 0 aromatic heterocycles. The lowest BCUT2D eigenvalue weighted by atomic mass is 9.75. The third-order valence-corrected chi connectivity index (χ3v) is 5.98. The molecule has 4 rings (SSSR count). The van der Waals surface area contributed by atoms with Gasteiger partial charge in [-0.2, -0.15) is 0 Å². The molecule has 2 heterocycles. The van der Waals surface area contributed by atoms with Crippen LogP contribution in [-0.2, 0) is 14.3 Å². The van der Waals surface area contributed by atoms with Crippen LogP contribution in [0.1, 0.15) is 30.7 Å². The van der Waals surface area contributed by atoms with Crippen molar-refractivity contribution >= 4 is 27.6 Å². The fourth-order valence-electron chi connectivity index (χ4n) is 4.11. The molecule has 1 amide bonds. The summed E-state index contributed by atoms with van der Waals surface area (Å²) in [4.78, 5) is 27.6. The maximum absolute atomic E-state index is 13.8. The van der Waals surface area contributed by atoms with Gasteiger partial charge in [0.1, 0.15) is 5.82 Å². The fraction of sp³-hybridized carbons (Fsp3) is 0.400. The van der Waals surface area contributed by atoms with Gasteiger partial charge in [-0.25, -0.2) is 4.39 Å². The summed E-state index contributed by atoms with van der Waals surface area (Å²) in [6.45, 7) is 1.41. The Kier molecular flexibility index (Phi) is 4.90. The maximum atomic E-state index is 13.8. The van der Waals surface area contributed by atoms with E-state index < -0.39 is 5.92 Å². The first-order chi connectivity index (χ1) is 13.0. The second kappa shape index (κ2) is 7.20. The number of hydrogen-bond acceptors (Lipinski definition) is 4. The summed E-state index contributed by atoms with van der Waals surface area (Å²) >= 11 is 3.23. The highest BCUT2D eigenvalue weighted by Gasteiger charge is 2.44. The first-order valence-corrected chi connectivity index (χ1v) is 9.80. The Labute approximate surface area is 165 Å². The maximum Gasteiger partial charge on any atom is 0.253 e. The Bertz CT molecular complexity index is 893. The van der Waals surface area contributed by atoms with Gasteiger partial charge >= 0.3 is 0 Å². The summed E-state index contributed by atoms with van der Waals surface area (Å²) in [7, 11) is 1.60. The van der Waals surface area contributed by atoms with E-state index in [1.165, 1.54) is 6.07 Å². The molecule has 1 unspecified atom stereocenters. The number of nitrogens with zero attached hydrogens (tertiary/aromatic N) is 1. The summed E-state index contributed by atoms with van der Waals surface area (Å²) < 4.78 is 19.2. The Morgan fingerprint density at radius 2 is 2.07 bits per heavy atom. The van der Waals surface area contributed by atoms with E-state index in [1.54, 1.807) is 24.1 Å². The first-order valence-electron chi connectivity index (χ1n) is 9.00. The molecular formula is C20H20BrFN2O3. The van der Waals surface area contributed by atoms with Gasteiger partial charge in [-0.1, -0.05) is 6.07 Å². The predicted octanol–water partition coefficient (Wildman–Crippen LogP) is 3.02. The lowest BCUT2D eigenvalue weighted by molar-refractivity contribution is -0.126. The number of allylic oxidation sites excluding steroid dienone is 2. The molecule has 1 N–H and O–H groups in total. The number of hydrogen-bond donors (Lipinski definition) is 1. The Morgan fingerprint density at radius 1 is 1.26 bits per heavy atom. The zero-order chi connectivity index (χ0) is 19.1. The third-order valence-electron chi connectivity index (χ3n) is 5.37. The molecule has 7 heteroatoms. The van der Waals surface area contributed by atoms with Crippen molar-refractivity contribution in [1.29, 1.82) is 0 Å². The second-order valence-electron chi connectivity index (χ2n) is 7.01. The molecule has 0 spiro atoms. The van der Waals surface area contributed by atoms with Crippen LogP contribution in [0.5, 0.6) is 0 Å². The number of rotatable bonds is 4. The smallest absolute Gasteiger partial charge is 0.253 e. The average molecular weight is 435 g/mol. The largest absolute Gasteiger partial charge is 0.383 e. The zero-order valence-corrected chi connectivity index (χ0v) is 16.6. The monoisotopic (exact) mass is 434 g/mol. The van der Waals surface area contributed by atoms with E-state index >= 15 is 0 Å². The molecular weight excluding hydrogens is 415 g/mol. The van der Waals surface area contributed by atoms with Crippen molar-refractivity contribution in [3.05, 3.63) is 56.6 Å². The summed E-state index contributed by atoms with van der Waals surface area (Å²) in [5, 5.41) is 3.36. The molecule has 27 heavy (non-hydrogen) atoms. The molecule has 1 atom stereocenters. The van der Waals surface area contributed by atoms with Crippen molar-refractivity contribution in [2.45, 2.75) is 25.2 Å². The quantitative estimate of drug-likeness (QED) is 0.790. The topological polar surface area (TPSA) is 58.6 Å². The van der Waals surface area contributed by atoms with E-state index in [9.17, 15) is 14.0 Å². The van der Waals surface area contributed by atoms with Crippen LogP contribution in [0.2, 0.25) is 0 Å². The lowest BCUT2D eigenvalue weighted by Crippen LogP contribution is -2.33. The molecule has 0 saturated heterocycles. The number of amides is 1. The van der Waals surface area contributed by atoms with E-state index in [2.05, 4.69) is 21.2 Å². The minimum Gasteiger partial charge on any atom is -0.383 e. The van der Waals surface area contributed by atoms with Crippen molar-refractivity contribution < 1.29 is 18.7 Å². The molecule has 0 bridgehead atoms. The minimum atomic E-state index is -0.457. The summed E-state index contributed by atoms with van der Waals surface area (Å²) in [6.07, 6.45) is 2.06. The molecule has 5 nitrogen and oxygen atoms in total. The van der Waals surface area contributed by atoms with Crippen LogP contribution in [0.15, 0.2) is 45.2 Å². The van der Waals surface area contributed by atoms with Crippen LogP contribution < -0.4 is 5.32 Å². The predicted molar refractivity (Wildman–Crippen MR) is 101 cm³/mol. The van der Waals surface area contributed by atoms with Gasteiger partial charge in [0.25, 0.3) is 5.91 Å². The molecule has 142 valence electrons. The number of ether oxygens (including phenoxy) is 1. The molecule has 1 aliphatic carbocycles.